The molecular formula is C20H23N5O. The Kier molecular flexibility index (Phi) is 5.98. The summed E-state index contributed by atoms with van der Waals surface area (Å²) < 4.78 is 1.83. The summed E-state index contributed by atoms with van der Waals surface area (Å²) in [5.41, 5.74) is 2.21. The molecule has 0 spiro atoms. The maximum atomic E-state index is 12.2. The molecule has 6 nitrogen and oxygen atoms in total. The third-order valence-electron chi connectivity index (χ3n) is 4.14. The molecule has 0 unspecified atom stereocenters. The van der Waals surface area contributed by atoms with Gasteiger partial charge in [0.25, 0.3) is 0 Å². The molecule has 0 saturated carbocycles. The topological polar surface area (TPSA) is 71.8 Å². The molecule has 134 valence electrons. The Morgan fingerprint density at radius 1 is 1.15 bits per heavy atom. The first-order valence-electron chi connectivity index (χ1n) is 8.73. The highest BCUT2D eigenvalue weighted by Crippen LogP contribution is 2.10. The van der Waals surface area contributed by atoms with Crippen LogP contribution in [0.1, 0.15) is 24.5 Å². The number of amides is 2. The van der Waals surface area contributed by atoms with E-state index < -0.39 is 0 Å². The molecule has 2 heterocycles. The fourth-order valence-corrected chi connectivity index (χ4v) is 2.74. The van der Waals surface area contributed by atoms with Crippen LogP contribution in [0.3, 0.4) is 0 Å². The Hall–Kier alpha value is -3.15. The predicted octanol–water partition coefficient (Wildman–Crippen LogP) is 3.09. The molecular weight excluding hydrogens is 326 g/mol. The number of benzene rings is 1. The molecule has 1 atom stereocenters. The number of rotatable bonds is 7. The number of urea groups is 1. The molecule has 0 aliphatic heterocycles. The van der Waals surface area contributed by atoms with E-state index in [0.29, 0.717) is 6.54 Å². The van der Waals surface area contributed by atoms with Crippen LogP contribution in [0.5, 0.6) is 0 Å². The molecule has 3 aromatic rings. The lowest BCUT2D eigenvalue weighted by Crippen LogP contribution is -2.40. The number of aryl methyl sites for hydroxylation is 1. The Balaban J connectivity index is 1.48. The number of imidazole rings is 1. The summed E-state index contributed by atoms with van der Waals surface area (Å²) >= 11 is 0. The molecule has 6 heteroatoms. The lowest BCUT2D eigenvalue weighted by molar-refractivity contribution is 0.237. The molecule has 3 rings (SSSR count). The van der Waals surface area contributed by atoms with Crippen LogP contribution in [0, 0.1) is 0 Å². The molecule has 0 bridgehead atoms. The van der Waals surface area contributed by atoms with Gasteiger partial charge in [0, 0.05) is 36.7 Å². The smallest absolute Gasteiger partial charge is 0.315 e. The summed E-state index contributed by atoms with van der Waals surface area (Å²) in [5.74, 6) is 0.766. The van der Waals surface area contributed by atoms with Gasteiger partial charge >= 0.3 is 6.03 Å². The molecule has 2 amide bonds. The van der Waals surface area contributed by atoms with Crippen LogP contribution in [0.25, 0.3) is 5.82 Å². The Morgan fingerprint density at radius 3 is 2.77 bits per heavy atom. The van der Waals surface area contributed by atoms with Crippen LogP contribution in [0.15, 0.2) is 67.4 Å². The van der Waals surface area contributed by atoms with Crippen molar-refractivity contribution in [2.24, 2.45) is 0 Å². The van der Waals surface area contributed by atoms with Gasteiger partial charge in [-0.25, -0.2) is 14.8 Å². The SMILES string of the molecule is C[C@H](CCc1ccccc1)NC(=O)NCc1cccnc1-n1ccnc1. The van der Waals surface area contributed by atoms with Crippen molar-refractivity contribution in [3.8, 4) is 5.82 Å². The number of hydrogen-bond acceptors (Lipinski definition) is 3. The van der Waals surface area contributed by atoms with Crippen molar-refractivity contribution in [2.75, 3.05) is 0 Å². The molecule has 1 aromatic carbocycles. The van der Waals surface area contributed by atoms with E-state index in [1.807, 2.05) is 48.0 Å². The maximum Gasteiger partial charge on any atom is 0.315 e. The fraction of sp³-hybridized carbons (Fsp3) is 0.250. The van der Waals surface area contributed by atoms with Gasteiger partial charge in [-0.2, -0.15) is 0 Å². The Morgan fingerprint density at radius 2 is 2.00 bits per heavy atom. The minimum atomic E-state index is -0.175. The van der Waals surface area contributed by atoms with Crippen molar-refractivity contribution in [1.82, 2.24) is 25.2 Å². The largest absolute Gasteiger partial charge is 0.336 e. The molecule has 2 N–H and O–H groups in total. The van der Waals surface area contributed by atoms with Crippen molar-refractivity contribution in [2.45, 2.75) is 32.4 Å². The fourth-order valence-electron chi connectivity index (χ4n) is 2.74. The second-order valence-corrected chi connectivity index (χ2v) is 6.21. The lowest BCUT2D eigenvalue weighted by Gasteiger charge is -2.15. The Labute approximate surface area is 153 Å². The highest BCUT2D eigenvalue weighted by atomic mass is 16.2. The lowest BCUT2D eigenvalue weighted by atomic mass is 10.1. The molecule has 26 heavy (non-hydrogen) atoms. The van der Waals surface area contributed by atoms with Gasteiger partial charge in [0.2, 0.25) is 0 Å². The van der Waals surface area contributed by atoms with Crippen LogP contribution < -0.4 is 10.6 Å². The molecule has 0 radical (unpaired) electrons. The van der Waals surface area contributed by atoms with E-state index in [-0.39, 0.29) is 12.1 Å². The van der Waals surface area contributed by atoms with E-state index in [0.717, 1.165) is 24.2 Å². The Bertz CT molecular complexity index is 817. The maximum absolute atomic E-state index is 12.2. The van der Waals surface area contributed by atoms with E-state index >= 15 is 0 Å². The normalized spacial score (nSPS) is 11.7. The number of pyridine rings is 1. The number of hydrogen-bond donors (Lipinski definition) is 2. The summed E-state index contributed by atoms with van der Waals surface area (Å²) in [7, 11) is 0. The van der Waals surface area contributed by atoms with Crippen LogP contribution >= 0.6 is 0 Å². The van der Waals surface area contributed by atoms with E-state index in [9.17, 15) is 4.79 Å². The van der Waals surface area contributed by atoms with Gasteiger partial charge in [-0.05, 0) is 31.4 Å². The average molecular weight is 349 g/mol. The zero-order valence-corrected chi connectivity index (χ0v) is 14.8. The minimum Gasteiger partial charge on any atom is -0.336 e. The van der Waals surface area contributed by atoms with E-state index in [1.54, 1.807) is 18.7 Å². The van der Waals surface area contributed by atoms with Gasteiger partial charge in [0.05, 0.1) is 0 Å². The van der Waals surface area contributed by atoms with Gasteiger partial charge < -0.3 is 10.6 Å². The second kappa shape index (κ2) is 8.80. The molecule has 0 fully saturated rings. The molecule has 0 aliphatic rings. The van der Waals surface area contributed by atoms with Crippen molar-refractivity contribution in [3.63, 3.8) is 0 Å². The average Bonchev–Trinajstić information content (AvgIpc) is 3.20. The summed E-state index contributed by atoms with van der Waals surface area (Å²) in [5, 5.41) is 5.89. The van der Waals surface area contributed by atoms with Gasteiger partial charge in [-0.3, -0.25) is 4.57 Å². The summed E-state index contributed by atoms with van der Waals surface area (Å²) in [4.78, 5) is 20.6. The first-order chi connectivity index (χ1) is 12.7. The van der Waals surface area contributed by atoms with Crippen molar-refractivity contribution < 1.29 is 4.79 Å². The third kappa shape index (κ3) is 4.92. The van der Waals surface area contributed by atoms with Gasteiger partial charge in [-0.15, -0.1) is 0 Å². The number of nitrogens with zero attached hydrogens (tertiary/aromatic N) is 3. The zero-order valence-electron chi connectivity index (χ0n) is 14.8. The first kappa shape index (κ1) is 17.7. The molecule has 2 aromatic heterocycles. The highest BCUT2D eigenvalue weighted by Gasteiger charge is 2.10. The molecule has 0 saturated heterocycles. The summed E-state index contributed by atoms with van der Waals surface area (Å²) in [6.07, 6.45) is 8.78. The summed E-state index contributed by atoms with van der Waals surface area (Å²) in [6, 6.07) is 14.0. The monoisotopic (exact) mass is 349 g/mol. The predicted molar refractivity (Wildman–Crippen MR) is 101 cm³/mol. The highest BCUT2D eigenvalue weighted by molar-refractivity contribution is 5.74. The molecule has 0 aliphatic carbocycles. The quantitative estimate of drug-likeness (QED) is 0.688. The van der Waals surface area contributed by atoms with Crippen molar-refractivity contribution in [1.29, 1.82) is 0 Å². The van der Waals surface area contributed by atoms with Crippen LogP contribution in [0.4, 0.5) is 4.79 Å². The van der Waals surface area contributed by atoms with Gasteiger partial charge in [-0.1, -0.05) is 36.4 Å². The van der Waals surface area contributed by atoms with E-state index in [1.165, 1.54) is 5.56 Å². The van der Waals surface area contributed by atoms with Crippen molar-refractivity contribution in [3.05, 3.63) is 78.5 Å². The van der Waals surface area contributed by atoms with Crippen molar-refractivity contribution >= 4 is 6.03 Å². The first-order valence-corrected chi connectivity index (χ1v) is 8.73. The number of nitrogens with one attached hydrogen (secondary N) is 2. The minimum absolute atomic E-state index is 0.0947. The van der Waals surface area contributed by atoms with E-state index in [4.69, 9.17) is 0 Å². The summed E-state index contributed by atoms with van der Waals surface area (Å²) in [6.45, 7) is 2.42. The number of carbonyl (C=O) groups excluding carboxylic acids is 1. The standard InChI is InChI=1S/C20H23N5O/c1-16(9-10-17-6-3-2-4-7-17)24-20(26)23-14-18-8-5-11-22-19(18)25-13-12-21-15-25/h2-8,11-13,15-16H,9-10,14H2,1H3,(H2,23,24,26)/t16-/m1/s1. The number of aromatic nitrogens is 3. The van der Waals surface area contributed by atoms with E-state index in [2.05, 4.69) is 32.7 Å². The zero-order chi connectivity index (χ0) is 18.2. The van der Waals surface area contributed by atoms with Crippen LogP contribution in [0.2, 0.25) is 0 Å². The number of carbonyl (C=O) groups is 1. The third-order valence-corrected chi connectivity index (χ3v) is 4.14. The van der Waals surface area contributed by atoms with Gasteiger partial charge in [0.1, 0.15) is 12.1 Å². The van der Waals surface area contributed by atoms with Crippen LogP contribution in [-0.4, -0.2) is 26.6 Å². The second-order valence-electron chi connectivity index (χ2n) is 6.21. The van der Waals surface area contributed by atoms with Crippen LogP contribution in [-0.2, 0) is 13.0 Å². The van der Waals surface area contributed by atoms with Gasteiger partial charge in [0.15, 0.2) is 0 Å².